The number of allylic oxidation sites excluding steroid dienone is 1. The molecule has 256 valence electrons. The summed E-state index contributed by atoms with van der Waals surface area (Å²) in [5, 5.41) is 23.7. The summed E-state index contributed by atoms with van der Waals surface area (Å²) in [6, 6.07) is 0. The van der Waals surface area contributed by atoms with Crippen molar-refractivity contribution in [2.24, 2.45) is 16.7 Å². The van der Waals surface area contributed by atoms with Crippen LogP contribution in [-0.4, -0.2) is 94.5 Å². The minimum atomic E-state index is -1.82. The molecule has 13 heteroatoms. The van der Waals surface area contributed by atoms with Crippen LogP contribution in [0, 0.1) is 16.7 Å². The molecule has 3 fully saturated rings. The topological polar surface area (TPSA) is 181 Å². The molecule has 4 rings (SSSR count). The lowest BCUT2D eigenvalue weighted by Gasteiger charge is -2.65. The van der Waals surface area contributed by atoms with Crippen LogP contribution < -0.4 is 0 Å². The van der Waals surface area contributed by atoms with Gasteiger partial charge in [0.1, 0.15) is 18.3 Å². The van der Waals surface area contributed by atoms with Crippen LogP contribution in [-0.2, 0) is 52.4 Å². The number of hydrogen-bond acceptors (Lipinski definition) is 13. The molecule has 1 saturated heterocycles. The van der Waals surface area contributed by atoms with Crippen LogP contribution in [0.5, 0.6) is 0 Å². The van der Waals surface area contributed by atoms with Crippen LogP contribution >= 0.6 is 0 Å². The van der Waals surface area contributed by atoms with Crippen molar-refractivity contribution in [3.63, 3.8) is 0 Å². The molecule has 4 aliphatic rings. The Bertz CT molecular complexity index is 1370. The molecule has 2 saturated carbocycles. The highest BCUT2D eigenvalue weighted by molar-refractivity contribution is 5.88. The van der Waals surface area contributed by atoms with Gasteiger partial charge < -0.3 is 38.6 Å². The van der Waals surface area contributed by atoms with E-state index in [4.69, 9.17) is 28.4 Å². The Kier molecular flexibility index (Phi) is 9.32. The second kappa shape index (κ2) is 12.1. The molecule has 0 unspecified atom stereocenters. The number of hydrogen-bond donors (Lipinski definition) is 2. The Morgan fingerprint density at radius 3 is 1.93 bits per heavy atom. The highest BCUT2D eigenvalue weighted by Crippen LogP contribution is 2.68. The zero-order chi connectivity index (χ0) is 34.7. The number of ether oxygens (including phenoxy) is 6. The molecule has 3 aliphatic carbocycles. The quantitative estimate of drug-likeness (QED) is 0.177. The average molecular weight is 651 g/mol. The molecule has 10 atom stereocenters. The Morgan fingerprint density at radius 2 is 1.48 bits per heavy atom. The lowest BCUT2D eigenvalue weighted by Crippen LogP contribution is -2.79. The Labute approximate surface area is 268 Å². The van der Waals surface area contributed by atoms with Gasteiger partial charge in [-0.25, -0.2) is 4.79 Å². The monoisotopic (exact) mass is 650 g/mol. The van der Waals surface area contributed by atoms with Crippen LogP contribution in [0.2, 0.25) is 0 Å². The number of fused-ring (bicyclic) bond motifs is 4. The summed E-state index contributed by atoms with van der Waals surface area (Å²) in [5.41, 5.74) is -5.99. The smallest absolute Gasteiger partial charge is 0.334 e. The zero-order valence-electron chi connectivity index (χ0n) is 28.1. The van der Waals surface area contributed by atoms with Gasteiger partial charge in [-0.3, -0.25) is 19.2 Å². The molecule has 0 bridgehead atoms. The third-order valence-corrected chi connectivity index (χ3v) is 10.6. The van der Waals surface area contributed by atoms with Crippen molar-refractivity contribution in [2.75, 3.05) is 6.61 Å². The van der Waals surface area contributed by atoms with E-state index in [1.165, 1.54) is 47.6 Å². The van der Waals surface area contributed by atoms with E-state index in [9.17, 15) is 34.2 Å². The SMILES string of the molecule is C/C=C(\C)C(=O)O[C@@H]1C2=C(C)[C@@H](O)C[C@@]2(C(C)(C)O)[C@@H](OC(C)=O)[C@@H]2[C@]3(OC(C)=O)CO[C@@H]3C[C@H](OC(C)=O)[C@@]2(C)[C@H]1OC(C)=O. The van der Waals surface area contributed by atoms with Crippen molar-refractivity contribution in [3.05, 3.63) is 22.8 Å². The molecule has 0 aromatic carbocycles. The molecule has 46 heavy (non-hydrogen) atoms. The molecule has 0 aromatic rings. The predicted octanol–water partition coefficient (Wildman–Crippen LogP) is 2.24. The fourth-order valence-corrected chi connectivity index (χ4v) is 8.54. The fourth-order valence-electron chi connectivity index (χ4n) is 8.54. The van der Waals surface area contributed by atoms with Crippen molar-refractivity contribution >= 4 is 29.8 Å². The van der Waals surface area contributed by atoms with E-state index in [1.54, 1.807) is 20.8 Å². The Hall–Kier alpha value is -3.29. The molecule has 0 radical (unpaired) electrons. The lowest BCUT2D eigenvalue weighted by atomic mass is 9.49. The van der Waals surface area contributed by atoms with Crippen molar-refractivity contribution in [1.82, 2.24) is 0 Å². The largest absolute Gasteiger partial charge is 0.462 e. The number of carbonyl (C=O) groups excluding carboxylic acids is 5. The molecule has 2 N–H and O–H groups in total. The maximum absolute atomic E-state index is 13.6. The van der Waals surface area contributed by atoms with Gasteiger partial charge in [-0.2, -0.15) is 0 Å². The van der Waals surface area contributed by atoms with Crippen LogP contribution in [0.1, 0.15) is 82.1 Å². The standard InChI is InChI=1S/C33H46O13/c1-11-15(2)29(39)45-25-24-16(3)21(38)13-32(24,30(8,9)40)28(44-19(6)36)26-31(10,27(25)43-18(5)35)22(42-17(4)34)12-23-33(26,14-41-23)46-20(7)37/h11,21-23,25-28,38,40H,12-14H2,1-10H3/b15-11+/t21-,22-,23+,25+,26-,27-,28-,31+,32-,33-/m0/s1. The molecule has 1 heterocycles. The zero-order valence-corrected chi connectivity index (χ0v) is 28.1. The first-order valence-corrected chi connectivity index (χ1v) is 15.5. The molecular formula is C33H46O13. The maximum Gasteiger partial charge on any atom is 0.334 e. The number of esters is 5. The third kappa shape index (κ3) is 5.33. The number of aliphatic hydroxyl groups excluding tert-OH is 1. The Morgan fingerprint density at radius 1 is 0.913 bits per heavy atom. The minimum absolute atomic E-state index is 0.0187. The predicted molar refractivity (Wildman–Crippen MR) is 158 cm³/mol. The van der Waals surface area contributed by atoms with Gasteiger partial charge in [0, 0.05) is 39.7 Å². The van der Waals surface area contributed by atoms with Gasteiger partial charge in [0.15, 0.2) is 17.8 Å². The van der Waals surface area contributed by atoms with Crippen molar-refractivity contribution in [1.29, 1.82) is 0 Å². The van der Waals surface area contributed by atoms with Gasteiger partial charge in [0.2, 0.25) is 0 Å². The molecular weight excluding hydrogens is 604 g/mol. The fraction of sp³-hybridized carbons (Fsp3) is 0.727. The van der Waals surface area contributed by atoms with Gasteiger partial charge in [0.25, 0.3) is 0 Å². The molecule has 0 amide bonds. The second-order valence-corrected chi connectivity index (χ2v) is 13.7. The highest BCUT2D eigenvalue weighted by atomic mass is 16.6. The van der Waals surface area contributed by atoms with Crippen molar-refractivity contribution < 1.29 is 62.6 Å². The summed E-state index contributed by atoms with van der Waals surface area (Å²) in [4.78, 5) is 65.1. The summed E-state index contributed by atoms with van der Waals surface area (Å²) in [6.45, 7) is 14.0. The first-order chi connectivity index (χ1) is 21.2. The highest BCUT2D eigenvalue weighted by Gasteiger charge is 2.80. The summed E-state index contributed by atoms with van der Waals surface area (Å²) in [7, 11) is 0. The minimum Gasteiger partial charge on any atom is -0.462 e. The van der Waals surface area contributed by atoms with E-state index in [0.717, 1.165) is 6.92 Å². The van der Waals surface area contributed by atoms with Gasteiger partial charge >= 0.3 is 29.8 Å². The lowest BCUT2D eigenvalue weighted by molar-refractivity contribution is -0.353. The van der Waals surface area contributed by atoms with Crippen LogP contribution in [0.25, 0.3) is 0 Å². The van der Waals surface area contributed by atoms with Gasteiger partial charge in [-0.05, 0) is 52.2 Å². The van der Waals surface area contributed by atoms with Crippen LogP contribution in [0.15, 0.2) is 22.8 Å². The normalized spacial score (nSPS) is 38.6. The maximum atomic E-state index is 13.6. The molecule has 0 spiro atoms. The van der Waals surface area contributed by atoms with Crippen LogP contribution in [0.3, 0.4) is 0 Å². The summed E-state index contributed by atoms with van der Waals surface area (Å²) in [5.74, 6) is -4.88. The van der Waals surface area contributed by atoms with Gasteiger partial charge in [-0.15, -0.1) is 0 Å². The van der Waals surface area contributed by atoms with E-state index < -0.39 is 94.4 Å². The van der Waals surface area contributed by atoms with Crippen LogP contribution in [0.4, 0.5) is 0 Å². The van der Waals surface area contributed by atoms with E-state index in [1.807, 2.05) is 0 Å². The Balaban J connectivity index is 2.24. The number of carbonyl (C=O) groups is 5. The molecule has 13 nitrogen and oxygen atoms in total. The van der Waals surface area contributed by atoms with Crippen molar-refractivity contribution in [3.8, 4) is 0 Å². The van der Waals surface area contributed by atoms with Gasteiger partial charge in [0.05, 0.1) is 35.1 Å². The first kappa shape index (κ1) is 35.6. The van der Waals surface area contributed by atoms with E-state index in [0.29, 0.717) is 5.57 Å². The van der Waals surface area contributed by atoms with E-state index in [-0.39, 0.29) is 30.6 Å². The summed E-state index contributed by atoms with van der Waals surface area (Å²) in [6.07, 6.45) is -6.28. The molecule has 1 aliphatic heterocycles. The van der Waals surface area contributed by atoms with E-state index >= 15 is 0 Å². The summed E-state index contributed by atoms with van der Waals surface area (Å²) >= 11 is 0. The average Bonchev–Trinajstić information content (AvgIpc) is 3.16. The first-order valence-electron chi connectivity index (χ1n) is 15.5. The number of aliphatic hydroxyl groups is 2. The molecule has 0 aromatic heterocycles. The van der Waals surface area contributed by atoms with E-state index in [2.05, 4.69) is 0 Å². The summed E-state index contributed by atoms with van der Waals surface area (Å²) < 4.78 is 36.5. The van der Waals surface area contributed by atoms with Crippen molar-refractivity contribution in [2.45, 2.75) is 130 Å². The third-order valence-electron chi connectivity index (χ3n) is 10.6. The second-order valence-electron chi connectivity index (χ2n) is 13.7. The number of rotatable bonds is 7. The van der Waals surface area contributed by atoms with Gasteiger partial charge in [-0.1, -0.05) is 13.0 Å².